The van der Waals surface area contributed by atoms with Crippen LogP contribution in [-0.2, 0) is 9.09 Å². The molecular formula is C12H21N3O4P+. The third kappa shape index (κ3) is 4.45. The summed E-state index contributed by atoms with van der Waals surface area (Å²) < 4.78 is 15.7. The zero-order chi connectivity index (χ0) is 13.8. The molecule has 1 fully saturated rings. The topological polar surface area (TPSA) is 105 Å². The van der Waals surface area contributed by atoms with Gasteiger partial charge >= 0.3 is 8.25 Å². The summed E-state index contributed by atoms with van der Waals surface area (Å²) in [5.74, 6) is 1.25. The summed E-state index contributed by atoms with van der Waals surface area (Å²) in [7, 11) is -2.64. The van der Waals surface area contributed by atoms with E-state index in [1.54, 1.807) is 19.2 Å². The Morgan fingerprint density at radius 1 is 1.55 bits per heavy atom. The van der Waals surface area contributed by atoms with Crippen molar-refractivity contribution >= 4 is 14.1 Å². The van der Waals surface area contributed by atoms with Gasteiger partial charge in [-0.25, -0.2) is 9.97 Å². The molecule has 0 aromatic carbocycles. The number of aliphatic hydroxyl groups excluding tert-OH is 1. The highest BCUT2D eigenvalue weighted by molar-refractivity contribution is 7.32. The van der Waals surface area contributed by atoms with Crippen LogP contribution in [0.2, 0.25) is 0 Å². The second kappa shape index (κ2) is 7.59. The van der Waals surface area contributed by atoms with Gasteiger partial charge in [0.2, 0.25) is 0 Å². The van der Waals surface area contributed by atoms with E-state index in [-0.39, 0.29) is 26.0 Å². The fraction of sp³-hybridized carbons (Fsp3) is 0.667. The lowest BCUT2D eigenvalue weighted by atomic mass is 10.1. The molecule has 7 nitrogen and oxygen atoms in total. The van der Waals surface area contributed by atoms with Gasteiger partial charge in [0.25, 0.3) is 0 Å². The molecule has 0 spiro atoms. The predicted molar refractivity (Wildman–Crippen MR) is 75.4 cm³/mol. The van der Waals surface area contributed by atoms with Gasteiger partial charge in [0.15, 0.2) is 0 Å². The average molecular weight is 302 g/mol. The van der Waals surface area contributed by atoms with E-state index in [2.05, 4.69) is 15.3 Å². The molecule has 1 aromatic heterocycles. The van der Waals surface area contributed by atoms with E-state index in [0.717, 1.165) is 0 Å². The molecule has 112 valence electrons. The van der Waals surface area contributed by atoms with Crippen LogP contribution in [-0.4, -0.2) is 38.7 Å². The summed E-state index contributed by atoms with van der Waals surface area (Å²) in [6, 6.07) is 1.83. The molecule has 3 N–H and O–H groups in total. The van der Waals surface area contributed by atoms with E-state index >= 15 is 0 Å². The monoisotopic (exact) mass is 302 g/mol. The first-order valence-corrected chi connectivity index (χ1v) is 7.21. The molecule has 1 unspecified atom stereocenters. The molecule has 0 saturated heterocycles. The van der Waals surface area contributed by atoms with E-state index in [1.807, 2.05) is 0 Å². The first kappa shape index (κ1) is 16.9. The summed E-state index contributed by atoms with van der Waals surface area (Å²) in [6.07, 6.45) is 2.50. The SMILES string of the molecule is C.Cc1nccc(N[C@@H]2C[C@H](CO)[C@@H](O[P+](=O)O)C2)n1. The van der Waals surface area contributed by atoms with Gasteiger partial charge in [-0.3, -0.25) is 0 Å². The summed E-state index contributed by atoms with van der Waals surface area (Å²) in [5.41, 5.74) is 0. The molecule has 0 amide bonds. The van der Waals surface area contributed by atoms with Crippen molar-refractivity contribution < 1.29 is 19.1 Å². The van der Waals surface area contributed by atoms with E-state index < -0.39 is 14.4 Å². The number of hydrogen-bond donors (Lipinski definition) is 3. The summed E-state index contributed by atoms with van der Waals surface area (Å²) in [4.78, 5) is 17.1. The maximum Gasteiger partial charge on any atom is 0.695 e. The quantitative estimate of drug-likeness (QED) is 0.710. The molecular weight excluding hydrogens is 281 g/mol. The standard InChI is InChI=1S/C11H16N3O4P.CH4/c1-7-12-3-2-11(13-7)14-9-4-8(6-15)10(5-9)18-19(16)17;/h2-3,8-10,15H,4-6H2,1H3,(H-,12,13,14,16,17);1H4/p+1/t8-,9-,10+;/m1./s1. The van der Waals surface area contributed by atoms with Crippen LogP contribution in [0.25, 0.3) is 0 Å². The van der Waals surface area contributed by atoms with Crippen molar-refractivity contribution in [3.8, 4) is 0 Å². The Bertz CT molecular complexity index is 460. The molecule has 1 aliphatic carbocycles. The second-order valence-electron chi connectivity index (χ2n) is 4.63. The van der Waals surface area contributed by atoms with Gasteiger partial charge in [-0.1, -0.05) is 7.43 Å². The Labute approximate surface area is 119 Å². The highest BCUT2D eigenvalue weighted by Gasteiger charge is 2.40. The smallest absolute Gasteiger partial charge is 0.396 e. The number of aryl methyl sites for hydroxylation is 1. The molecule has 4 atom stereocenters. The van der Waals surface area contributed by atoms with Crippen molar-refractivity contribution in [1.82, 2.24) is 9.97 Å². The van der Waals surface area contributed by atoms with Crippen molar-refractivity contribution in [2.24, 2.45) is 5.92 Å². The Hall–Kier alpha value is -1.14. The first-order valence-electron chi connectivity index (χ1n) is 6.08. The fourth-order valence-electron chi connectivity index (χ4n) is 2.39. The summed E-state index contributed by atoms with van der Waals surface area (Å²) in [6.45, 7) is 1.74. The van der Waals surface area contributed by atoms with Crippen molar-refractivity contribution in [2.45, 2.75) is 39.3 Å². The third-order valence-electron chi connectivity index (χ3n) is 3.22. The minimum atomic E-state index is -2.64. The summed E-state index contributed by atoms with van der Waals surface area (Å²) in [5, 5.41) is 12.5. The van der Waals surface area contributed by atoms with Crippen LogP contribution in [0, 0.1) is 12.8 Å². The molecule has 1 heterocycles. The van der Waals surface area contributed by atoms with Crippen LogP contribution in [0.15, 0.2) is 12.3 Å². The molecule has 0 bridgehead atoms. The Balaban J connectivity index is 0.00000200. The number of aromatic nitrogens is 2. The minimum Gasteiger partial charge on any atom is -0.396 e. The minimum absolute atomic E-state index is 0. The van der Waals surface area contributed by atoms with Gasteiger partial charge in [-0.05, 0) is 25.8 Å². The number of anilines is 1. The number of rotatable bonds is 5. The maximum atomic E-state index is 10.7. The van der Waals surface area contributed by atoms with Gasteiger partial charge in [0.1, 0.15) is 17.7 Å². The van der Waals surface area contributed by atoms with Crippen LogP contribution < -0.4 is 5.32 Å². The number of nitrogens with zero attached hydrogens (tertiary/aromatic N) is 2. The van der Waals surface area contributed by atoms with Crippen LogP contribution in [0.3, 0.4) is 0 Å². The lowest BCUT2D eigenvalue weighted by Crippen LogP contribution is -2.18. The van der Waals surface area contributed by atoms with Crippen LogP contribution in [0.4, 0.5) is 5.82 Å². The predicted octanol–water partition coefficient (Wildman–Crippen LogP) is 1.64. The molecule has 20 heavy (non-hydrogen) atoms. The van der Waals surface area contributed by atoms with Gasteiger partial charge in [-0.2, -0.15) is 0 Å². The summed E-state index contributed by atoms with van der Waals surface area (Å²) >= 11 is 0. The van der Waals surface area contributed by atoms with Crippen LogP contribution in [0.1, 0.15) is 26.1 Å². The van der Waals surface area contributed by atoms with Gasteiger partial charge in [0.05, 0.1) is 0 Å². The zero-order valence-corrected chi connectivity index (χ0v) is 11.5. The molecule has 1 saturated carbocycles. The lowest BCUT2D eigenvalue weighted by Gasteiger charge is -2.12. The van der Waals surface area contributed by atoms with Crippen LogP contribution >= 0.6 is 8.25 Å². The fourth-order valence-corrected chi connectivity index (χ4v) is 2.88. The molecule has 0 aliphatic heterocycles. The Morgan fingerprint density at radius 2 is 2.30 bits per heavy atom. The van der Waals surface area contributed by atoms with Gasteiger partial charge in [-0.15, -0.1) is 9.42 Å². The van der Waals surface area contributed by atoms with Gasteiger partial charge in [0, 0.05) is 29.3 Å². The zero-order valence-electron chi connectivity index (χ0n) is 10.6. The molecule has 0 radical (unpaired) electrons. The Morgan fingerprint density at radius 3 is 2.90 bits per heavy atom. The number of nitrogens with one attached hydrogen (secondary N) is 1. The van der Waals surface area contributed by atoms with E-state index in [0.29, 0.717) is 24.5 Å². The first-order chi connectivity index (χ1) is 9.08. The highest BCUT2D eigenvalue weighted by Crippen LogP contribution is 2.35. The van der Waals surface area contributed by atoms with Crippen molar-refractivity contribution in [3.05, 3.63) is 18.1 Å². The van der Waals surface area contributed by atoms with Crippen molar-refractivity contribution in [1.29, 1.82) is 0 Å². The second-order valence-corrected chi connectivity index (χ2v) is 5.31. The van der Waals surface area contributed by atoms with Crippen molar-refractivity contribution in [3.63, 3.8) is 0 Å². The number of hydrogen-bond acceptors (Lipinski definition) is 6. The van der Waals surface area contributed by atoms with Crippen molar-refractivity contribution in [2.75, 3.05) is 11.9 Å². The van der Waals surface area contributed by atoms with E-state index in [4.69, 9.17) is 9.42 Å². The van der Waals surface area contributed by atoms with E-state index in [1.165, 1.54) is 0 Å². The molecule has 1 aromatic rings. The molecule has 2 rings (SSSR count). The Kier molecular flexibility index (Phi) is 6.42. The average Bonchev–Trinajstić information content (AvgIpc) is 2.70. The normalized spacial score (nSPS) is 25.9. The number of aliphatic hydroxyl groups is 1. The van der Waals surface area contributed by atoms with Gasteiger partial charge < -0.3 is 10.4 Å². The largest absolute Gasteiger partial charge is 0.695 e. The molecule has 1 aliphatic rings. The lowest BCUT2D eigenvalue weighted by molar-refractivity contribution is 0.106. The highest BCUT2D eigenvalue weighted by atomic mass is 31.1. The third-order valence-corrected chi connectivity index (χ3v) is 3.67. The molecule has 8 heteroatoms. The van der Waals surface area contributed by atoms with Crippen LogP contribution in [0.5, 0.6) is 0 Å². The van der Waals surface area contributed by atoms with E-state index in [9.17, 15) is 9.67 Å². The maximum absolute atomic E-state index is 10.7.